The van der Waals surface area contributed by atoms with Gasteiger partial charge >= 0.3 is 0 Å². The minimum Gasteiger partial charge on any atom is -0.369 e. The molecule has 0 unspecified atom stereocenters. The Morgan fingerprint density at radius 2 is 2.67 bits per heavy atom. The van der Waals surface area contributed by atoms with Gasteiger partial charge < -0.3 is 5.32 Å². The monoisotopic (exact) mass is 125 g/mol. The summed E-state index contributed by atoms with van der Waals surface area (Å²) in [5.74, 6) is 0.761. The lowest BCUT2D eigenvalue weighted by Crippen LogP contribution is -1.99. The predicted octanol–water partition coefficient (Wildman–Crippen LogP) is 0.427. The first-order valence-corrected chi connectivity index (χ1v) is 2.96. The van der Waals surface area contributed by atoms with Crippen molar-refractivity contribution in [3.63, 3.8) is 0 Å². The maximum absolute atomic E-state index is 3.48. The van der Waals surface area contributed by atoms with Crippen LogP contribution in [0.3, 0.4) is 0 Å². The molecule has 0 aliphatic rings. The molecular formula is C5H9N4. The second-order valence-electron chi connectivity index (χ2n) is 1.73. The quantitative estimate of drug-likeness (QED) is 0.615. The number of nitrogens with zero attached hydrogens (tertiary/aromatic N) is 2. The maximum Gasteiger partial charge on any atom is 0.160 e. The van der Waals surface area contributed by atoms with E-state index < -0.39 is 0 Å². The molecule has 1 rings (SSSR count). The van der Waals surface area contributed by atoms with Crippen LogP contribution in [0.1, 0.15) is 13.3 Å². The molecule has 0 atom stereocenters. The number of aromatic nitrogens is 3. The molecule has 1 aromatic rings. The molecule has 0 aliphatic carbocycles. The highest BCUT2D eigenvalue weighted by Crippen LogP contribution is 1.92. The first-order chi connectivity index (χ1) is 4.43. The topological polar surface area (TPSA) is 53.6 Å². The van der Waals surface area contributed by atoms with E-state index in [-0.39, 0.29) is 0 Å². The van der Waals surface area contributed by atoms with Crippen LogP contribution in [0, 0.1) is 6.20 Å². The van der Waals surface area contributed by atoms with E-state index in [9.17, 15) is 0 Å². The van der Waals surface area contributed by atoms with Gasteiger partial charge in [-0.2, -0.15) is 0 Å². The largest absolute Gasteiger partial charge is 0.369 e. The number of hydrogen-bond acceptors (Lipinski definition) is 3. The average molecular weight is 125 g/mol. The van der Waals surface area contributed by atoms with Crippen LogP contribution in [0.4, 0.5) is 5.82 Å². The van der Waals surface area contributed by atoms with Gasteiger partial charge in [-0.25, -0.2) is 5.10 Å². The molecule has 0 bridgehead atoms. The molecule has 0 aromatic carbocycles. The number of anilines is 1. The molecule has 0 saturated carbocycles. The summed E-state index contributed by atoms with van der Waals surface area (Å²) in [7, 11) is 0. The average Bonchev–Trinajstić information content (AvgIpc) is 2.34. The molecule has 0 saturated heterocycles. The van der Waals surface area contributed by atoms with Crippen LogP contribution in [0.15, 0.2) is 0 Å². The van der Waals surface area contributed by atoms with E-state index in [0.29, 0.717) is 0 Å². The number of hydrogen-bond donors (Lipinski definition) is 2. The Kier molecular flexibility index (Phi) is 2.06. The smallest absolute Gasteiger partial charge is 0.160 e. The minimum atomic E-state index is 0.761. The van der Waals surface area contributed by atoms with E-state index in [1.807, 2.05) is 0 Å². The van der Waals surface area contributed by atoms with Crippen LogP contribution in [0.2, 0.25) is 0 Å². The van der Waals surface area contributed by atoms with Crippen molar-refractivity contribution in [2.24, 2.45) is 0 Å². The summed E-state index contributed by atoms with van der Waals surface area (Å²) in [6, 6.07) is 0. The van der Waals surface area contributed by atoms with Gasteiger partial charge in [0.25, 0.3) is 0 Å². The molecule has 9 heavy (non-hydrogen) atoms. The number of aromatic amines is 1. The lowest BCUT2D eigenvalue weighted by molar-refractivity contribution is 0.925. The lowest BCUT2D eigenvalue weighted by Gasteiger charge is -1.95. The summed E-state index contributed by atoms with van der Waals surface area (Å²) in [4.78, 5) is 0. The summed E-state index contributed by atoms with van der Waals surface area (Å²) in [5.41, 5.74) is 0. The molecule has 2 N–H and O–H groups in total. The third-order valence-electron chi connectivity index (χ3n) is 0.925. The zero-order valence-corrected chi connectivity index (χ0v) is 5.31. The molecular weight excluding hydrogens is 116 g/mol. The summed E-state index contributed by atoms with van der Waals surface area (Å²) in [5, 5.41) is 12.6. The molecule has 0 fully saturated rings. The Balaban J connectivity index is 2.30. The summed E-state index contributed by atoms with van der Waals surface area (Å²) >= 11 is 0. The Bertz CT molecular complexity index is 146. The standard InChI is InChI=1S/C5H9N4/c1-2-3-6-5-4-7-9-8-5/h2-3H2,1H3,(H2,6,7,8,9). The predicted molar refractivity (Wildman–Crippen MR) is 34.0 cm³/mol. The summed E-state index contributed by atoms with van der Waals surface area (Å²) < 4.78 is 0. The SMILES string of the molecule is CCCNc1[c]nn[nH]1. The van der Waals surface area contributed by atoms with Crippen molar-refractivity contribution in [3.8, 4) is 0 Å². The Labute approximate surface area is 53.7 Å². The Morgan fingerprint density at radius 1 is 1.78 bits per heavy atom. The van der Waals surface area contributed by atoms with Crippen molar-refractivity contribution in [1.29, 1.82) is 0 Å². The molecule has 1 radical (unpaired) electrons. The van der Waals surface area contributed by atoms with Gasteiger partial charge in [-0.05, 0) is 6.42 Å². The molecule has 1 aromatic heterocycles. The third-order valence-corrected chi connectivity index (χ3v) is 0.925. The highest BCUT2D eigenvalue weighted by atomic mass is 15.3. The van der Waals surface area contributed by atoms with E-state index in [0.717, 1.165) is 18.8 Å². The van der Waals surface area contributed by atoms with Crippen LogP contribution in [0.5, 0.6) is 0 Å². The van der Waals surface area contributed by atoms with Gasteiger partial charge in [0.2, 0.25) is 0 Å². The second kappa shape index (κ2) is 3.06. The van der Waals surface area contributed by atoms with Crippen molar-refractivity contribution >= 4 is 5.82 Å². The zero-order chi connectivity index (χ0) is 6.53. The zero-order valence-electron chi connectivity index (χ0n) is 5.31. The van der Waals surface area contributed by atoms with E-state index in [1.54, 1.807) is 0 Å². The van der Waals surface area contributed by atoms with Crippen molar-refractivity contribution in [2.75, 3.05) is 11.9 Å². The van der Waals surface area contributed by atoms with Crippen LogP contribution in [-0.4, -0.2) is 22.0 Å². The van der Waals surface area contributed by atoms with E-state index in [2.05, 4.69) is 33.8 Å². The normalized spacial score (nSPS) is 9.44. The molecule has 49 valence electrons. The first kappa shape index (κ1) is 6.07. The molecule has 0 amide bonds. The fraction of sp³-hybridized carbons (Fsp3) is 0.600. The molecule has 1 heterocycles. The van der Waals surface area contributed by atoms with Crippen LogP contribution < -0.4 is 5.32 Å². The fourth-order valence-corrected chi connectivity index (χ4v) is 0.504. The fourth-order valence-electron chi connectivity index (χ4n) is 0.504. The molecule has 0 aliphatic heterocycles. The van der Waals surface area contributed by atoms with Crippen molar-refractivity contribution in [1.82, 2.24) is 15.4 Å². The molecule has 4 nitrogen and oxygen atoms in total. The van der Waals surface area contributed by atoms with Gasteiger partial charge in [0.1, 0.15) is 0 Å². The Hall–Kier alpha value is -1.06. The van der Waals surface area contributed by atoms with E-state index in [1.165, 1.54) is 0 Å². The van der Waals surface area contributed by atoms with Gasteiger partial charge in [-0.15, -0.1) is 5.10 Å². The number of nitrogens with one attached hydrogen (secondary N) is 2. The van der Waals surface area contributed by atoms with Crippen molar-refractivity contribution in [2.45, 2.75) is 13.3 Å². The summed E-state index contributed by atoms with van der Waals surface area (Å²) in [6.07, 6.45) is 3.73. The van der Waals surface area contributed by atoms with Gasteiger partial charge in [0, 0.05) is 6.54 Å². The lowest BCUT2D eigenvalue weighted by atomic mass is 10.5. The Morgan fingerprint density at radius 3 is 3.22 bits per heavy atom. The second-order valence-corrected chi connectivity index (χ2v) is 1.73. The van der Waals surface area contributed by atoms with E-state index in [4.69, 9.17) is 0 Å². The van der Waals surface area contributed by atoms with Gasteiger partial charge in [0.05, 0.1) is 0 Å². The third kappa shape index (κ3) is 1.71. The van der Waals surface area contributed by atoms with Crippen molar-refractivity contribution in [3.05, 3.63) is 6.20 Å². The number of H-pyrrole nitrogens is 1. The molecule has 0 spiro atoms. The first-order valence-electron chi connectivity index (χ1n) is 2.96. The van der Waals surface area contributed by atoms with Crippen LogP contribution in [-0.2, 0) is 0 Å². The minimum absolute atomic E-state index is 0.761. The van der Waals surface area contributed by atoms with Gasteiger partial charge in [0.15, 0.2) is 12.0 Å². The number of rotatable bonds is 3. The highest BCUT2D eigenvalue weighted by molar-refractivity contribution is 5.26. The van der Waals surface area contributed by atoms with Crippen molar-refractivity contribution < 1.29 is 0 Å². The molecule has 4 heteroatoms. The highest BCUT2D eigenvalue weighted by Gasteiger charge is 1.89. The van der Waals surface area contributed by atoms with Crippen LogP contribution >= 0.6 is 0 Å². The van der Waals surface area contributed by atoms with Crippen LogP contribution in [0.25, 0.3) is 0 Å². The van der Waals surface area contributed by atoms with Gasteiger partial charge in [-0.3, -0.25) is 0 Å². The van der Waals surface area contributed by atoms with Gasteiger partial charge in [-0.1, -0.05) is 12.1 Å². The maximum atomic E-state index is 3.48. The van der Waals surface area contributed by atoms with E-state index >= 15 is 0 Å². The summed E-state index contributed by atoms with van der Waals surface area (Å²) in [6.45, 7) is 3.02.